The van der Waals surface area contributed by atoms with Gasteiger partial charge in [0.1, 0.15) is 23.0 Å². The molecule has 1 aliphatic rings. The van der Waals surface area contributed by atoms with Crippen LogP contribution in [-0.4, -0.2) is 25.3 Å². The van der Waals surface area contributed by atoms with Crippen LogP contribution >= 0.6 is 0 Å². The number of imide groups is 1. The number of nitrogens with two attached hydrogens (primary N) is 1. The first-order valence-electron chi connectivity index (χ1n) is 8.41. The average Bonchev–Trinajstić information content (AvgIpc) is 3.40. The van der Waals surface area contributed by atoms with Crippen LogP contribution in [0, 0.1) is 0 Å². The van der Waals surface area contributed by atoms with Gasteiger partial charge in [-0.1, -0.05) is 0 Å². The Morgan fingerprint density at radius 2 is 1.83 bits per heavy atom. The Hall–Kier alpha value is -3.63. The summed E-state index contributed by atoms with van der Waals surface area (Å²) in [6.45, 7) is 0.0226. The molecule has 148 valence electrons. The maximum Gasteiger partial charge on any atom is 0.329 e. The fourth-order valence-electron chi connectivity index (χ4n) is 2.81. The van der Waals surface area contributed by atoms with Gasteiger partial charge in [-0.05, 0) is 48.5 Å². The Balaban J connectivity index is 1.53. The summed E-state index contributed by atoms with van der Waals surface area (Å²) in [6.07, 6.45) is 2.88. The maximum absolute atomic E-state index is 12.5. The first-order chi connectivity index (χ1) is 13.8. The summed E-state index contributed by atoms with van der Waals surface area (Å²) in [7, 11) is -3.78. The zero-order valence-corrected chi connectivity index (χ0v) is 15.7. The van der Waals surface area contributed by atoms with E-state index >= 15 is 0 Å². The summed E-state index contributed by atoms with van der Waals surface area (Å²) in [5, 5.41) is 7.59. The smallest absolute Gasteiger partial charge is 0.329 e. The molecule has 3 heterocycles. The molecule has 3 amide bonds. The lowest BCUT2D eigenvalue weighted by Gasteiger charge is -2.08. The van der Waals surface area contributed by atoms with Crippen LogP contribution in [-0.2, 0) is 21.4 Å². The van der Waals surface area contributed by atoms with E-state index in [0.717, 1.165) is 4.90 Å². The second-order valence-corrected chi connectivity index (χ2v) is 7.79. The molecule has 10 heteroatoms. The lowest BCUT2D eigenvalue weighted by molar-refractivity contribution is -0.123. The highest BCUT2D eigenvalue weighted by Crippen LogP contribution is 2.25. The van der Waals surface area contributed by atoms with Crippen LogP contribution in [0.5, 0.6) is 0 Å². The van der Waals surface area contributed by atoms with Gasteiger partial charge in [-0.25, -0.2) is 18.4 Å². The predicted molar refractivity (Wildman–Crippen MR) is 101 cm³/mol. The molecule has 0 unspecified atom stereocenters. The molecule has 0 atom stereocenters. The lowest BCUT2D eigenvalue weighted by Crippen LogP contribution is -2.30. The van der Waals surface area contributed by atoms with Gasteiger partial charge < -0.3 is 14.2 Å². The highest BCUT2D eigenvalue weighted by atomic mass is 32.2. The van der Waals surface area contributed by atoms with Crippen molar-refractivity contribution in [1.29, 1.82) is 0 Å². The van der Waals surface area contributed by atoms with Crippen molar-refractivity contribution in [2.24, 2.45) is 5.14 Å². The molecule has 1 fully saturated rings. The number of hydrogen-bond acceptors (Lipinski definition) is 6. The van der Waals surface area contributed by atoms with Crippen LogP contribution in [0.25, 0.3) is 17.4 Å². The Kier molecular flexibility index (Phi) is 4.57. The van der Waals surface area contributed by atoms with Crippen molar-refractivity contribution in [3.05, 3.63) is 72.0 Å². The number of nitrogens with zero attached hydrogens (tertiary/aromatic N) is 1. The zero-order chi connectivity index (χ0) is 20.6. The summed E-state index contributed by atoms with van der Waals surface area (Å²) in [6, 6.07) is 11.9. The van der Waals surface area contributed by atoms with Crippen LogP contribution in [0.15, 0.2) is 74.2 Å². The third kappa shape index (κ3) is 3.84. The number of amides is 3. The van der Waals surface area contributed by atoms with Crippen molar-refractivity contribution >= 4 is 28.0 Å². The molecule has 0 aliphatic carbocycles. The van der Waals surface area contributed by atoms with E-state index in [1.807, 2.05) is 0 Å². The Bertz CT molecular complexity index is 1210. The topological polar surface area (TPSA) is 136 Å². The van der Waals surface area contributed by atoms with Gasteiger partial charge >= 0.3 is 6.03 Å². The van der Waals surface area contributed by atoms with Crippen LogP contribution in [0.4, 0.5) is 4.79 Å². The molecule has 3 aromatic rings. The summed E-state index contributed by atoms with van der Waals surface area (Å²) in [5.74, 6) is 0.792. The van der Waals surface area contributed by atoms with Gasteiger partial charge in [-0.3, -0.25) is 9.69 Å². The molecule has 1 aromatic carbocycles. The van der Waals surface area contributed by atoms with Crippen molar-refractivity contribution in [1.82, 2.24) is 10.2 Å². The van der Waals surface area contributed by atoms with Crippen molar-refractivity contribution in [3.63, 3.8) is 0 Å². The number of benzene rings is 1. The minimum atomic E-state index is -3.78. The number of urea groups is 1. The molecule has 0 radical (unpaired) electrons. The quantitative estimate of drug-likeness (QED) is 0.486. The number of carbonyl (C=O) groups is 2. The van der Waals surface area contributed by atoms with Gasteiger partial charge in [0.15, 0.2) is 0 Å². The van der Waals surface area contributed by atoms with Gasteiger partial charge in [0.05, 0.1) is 17.7 Å². The number of rotatable bonds is 5. The lowest BCUT2D eigenvalue weighted by atomic mass is 10.2. The molecule has 0 spiro atoms. The Labute approximate surface area is 165 Å². The predicted octanol–water partition coefficient (Wildman–Crippen LogP) is 2.28. The van der Waals surface area contributed by atoms with E-state index in [9.17, 15) is 18.0 Å². The second kappa shape index (κ2) is 7.08. The summed E-state index contributed by atoms with van der Waals surface area (Å²) >= 11 is 0. The number of sulfonamides is 1. The molecule has 29 heavy (non-hydrogen) atoms. The fraction of sp³-hybridized carbons (Fsp3) is 0.0526. The minimum absolute atomic E-state index is 0.00828. The van der Waals surface area contributed by atoms with E-state index in [0.29, 0.717) is 22.8 Å². The SMILES string of the molecule is NS(=O)(=O)c1ccc(-c2ccc(C=C3NC(=O)N(Cc4ccco4)C3=O)o2)cc1. The van der Waals surface area contributed by atoms with Crippen LogP contribution in [0.3, 0.4) is 0 Å². The van der Waals surface area contributed by atoms with Gasteiger partial charge in [0.2, 0.25) is 10.0 Å². The first kappa shape index (κ1) is 18.7. The van der Waals surface area contributed by atoms with Crippen molar-refractivity contribution in [3.8, 4) is 11.3 Å². The molecule has 9 nitrogen and oxygen atoms in total. The molecule has 3 N–H and O–H groups in total. The van der Waals surface area contributed by atoms with E-state index < -0.39 is 22.0 Å². The second-order valence-electron chi connectivity index (χ2n) is 6.23. The number of hydrogen-bond donors (Lipinski definition) is 2. The number of furan rings is 2. The molecule has 1 saturated heterocycles. The van der Waals surface area contributed by atoms with Gasteiger partial charge in [0.25, 0.3) is 5.91 Å². The van der Waals surface area contributed by atoms with E-state index in [2.05, 4.69) is 5.32 Å². The number of nitrogens with one attached hydrogen (secondary N) is 1. The molecule has 4 rings (SSSR count). The van der Waals surface area contributed by atoms with E-state index in [1.54, 1.807) is 36.4 Å². The molecule has 2 aromatic heterocycles. The van der Waals surface area contributed by atoms with Crippen molar-refractivity contribution in [2.75, 3.05) is 0 Å². The standard InChI is InChI=1S/C19H15N3O6S/c20-29(25,26)15-6-3-12(4-7-15)17-8-5-13(28-17)10-16-18(23)22(19(24)21-16)11-14-2-1-9-27-14/h1-10H,11H2,(H,21,24)(H2,20,25,26). The maximum atomic E-state index is 12.5. The molecule has 1 aliphatic heterocycles. The monoisotopic (exact) mass is 413 g/mol. The Morgan fingerprint density at radius 1 is 1.07 bits per heavy atom. The minimum Gasteiger partial charge on any atom is -0.467 e. The van der Waals surface area contributed by atoms with Crippen LogP contribution in [0.2, 0.25) is 0 Å². The highest BCUT2D eigenvalue weighted by molar-refractivity contribution is 7.89. The fourth-order valence-corrected chi connectivity index (χ4v) is 3.33. The van der Waals surface area contributed by atoms with Gasteiger partial charge in [-0.15, -0.1) is 0 Å². The van der Waals surface area contributed by atoms with E-state index in [1.165, 1.54) is 24.5 Å². The van der Waals surface area contributed by atoms with Crippen LogP contribution < -0.4 is 10.5 Å². The van der Waals surface area contributed by atoms with Crippen molar-refractivity contribution < 1.29 is 26.8 Å². The largest absolute Gasteiger partial charge is 0.467 e. The first-order valence-corrected chi connectivity index (χ1v) is 9.96. The highest BCUT2D eigenvalue weighted by Gasteiger charge is 2.34. The molecule has 0 bridgehead atoms. The van der Waals surface area contributed by atoms with Gasteiger partial charge in [0, 0.05) is 11.6 Å². The number of primary sulfonamides is 1. The van der Waals surface area contributed by atoms with E-state index in [4.69, 9.17) is 14.0 Å². The summed E-state index contributed by atoms with van der Waals surface area (Å²) in [4.78, 5) is 25.6. The molecular weight excluding hydrogens is 398 g/mol. The van der Waals surface area contributed by atoms with E-state index in [-0.39, 0.29) is 17.1 Å². The zero-order valence-electron chi connectivity index (χ0n) is 14.9. The molecule has 0 saturated carbocycles. The summed E-state index contributed by atoms with van der Waals surface area (Å²) < 4.78 is 33.5. The third-order valence-electron chi connectivity index (χ3n) is 4.24. The van der Waals surface area contributed by atoms with Gasteiger partial charge in [-0.2, -0.15) is 0 Å². The number of carbonyl (C=O) groups excluding carboxylic acids is 2. The van der Waals surface area contributed by atoms with Crippen LogP contribution in [0.1, 0.15) is 11.5 Å². The third-order valence-corrected chi connectivity index (χ3v) is 5.17. The summed E-state index contributed by atoms with van der Waals surface area (Å²) in [5.41, 5.74) is 0.704. The normalized spacial score (nSPS) is 15.9. The average molecular weight is 413 g/mol. The molecular formula is C19H15N3O6S. The Morgan fingerprint density at radius 3 is 2.48 bits per heavy atom. The van der Waals surface area contributed by atoms with Crippen molar-refractivity contribution in [2.45, 2.75) is 11.4 Å².